The molecule has 0 aliphatic carbocycles. The average Bonchev–Trinajstić information content (AvgIpc) is 2.46. The number of benzene rings is 1. The molecule has 1 aromatic carbocycles. The molecular weight excluding hydrogens is 278 g/mol. The van der Waals surface area contributed by atoms with Crippen LogP contribution in [0.3, 0.4) is 0 Å². The summed E-state index contributed by atoms with van der Waals surface area (Å²) in [7, 11) is 1.16. The number of aliphatic carboxylic acids is 1. The summed E-state index contributed by atoms with van der Waals surface area (Å²) in [4.78, 5) is 33.5. The Labute approximate surface area is 120 Å². The van der Waals surface area contributed by atoms with E-state index in [0.29, 0.717) is 5.56 Å². The van der Waals surface area contributed by atoms with Crippen molar-refractivity contribution in [3.05, 3.63) is 42.0 Å². The highest BCUT2D eigenvalue weighted by Crippen LogP contribution is 2.11. The highest BCUT2D eigenvalue weighted by Gasteiger charge is 2.19. The Kier molecular flexibility index (Phi) is 5.94. The first-order valence-electron chi connectivity index (χ1n) is 5.99. The van der Waals surface area contributed by atoms with Crippen LogP contribution in [0.1, 0.15) is 5.56 Å². The van der Waals surface area contributed by atoms with E-state index in [1.54, 1.807) is 12.1 Å². The van der Waals surface area contributed by atoms with Crippen LogP contribution < -0.4 is 5.32 Å². The number of carbonyl (C=O) groups is 3. The van der Waals surface area contributed by atoms with Gasteiger partial charge >= 0.3 is 11.9 Å². The molecular formula is C14H15NO6. The Morgan fingerprint density at radius 1 is 1.24 bits per heavy atom. The van der Waals surface area contributed by atoms with Crippen LogP contribution in [0.2, 0.25) is 0 Å². The molecule has 1 rings (SSSR count). The molecule has 1 amide bonds. The average molecular weight is 293 g/mol. The summed E-state index contributed by atoms with van der Waals surface area (Å²) in [5.74, 6) is -2.57. The van der Waals surface area contributed by atoms with Gasteiger partial charge in [0.15, 0.2) is 0 Å². The van der Waals surface area contributed by atoms with E-state index in [9.17, 15) is 14.4 Å². The van der Waals surface area contributed by atoms with E-state index in [4.69, 9.17) is 10.2 Å². The Balaban J connectivity index is 2.68. The van der Waals surface area contributed by atoms with Gasteiger partial charge in [-0.15, -0.1) is 0 Å². The summed E-state index contributed by atoms with van der Waals surface area (Å²) < 4.78 is 4.31. The second-order valence-corrected chi connectivity index (χ2v) is 4.13. The van der Waals surface area contributed by atoms with Crippen LogP contribution in [-0.2, 0) is 25.5 Å². The van der Waals surface area contributed by atoms with Crippen LogP contribution in [0.25, 0.3) is 0 Å². The lowest BCUT2D eigenvalue weighted by atomic mass is 10.1. The fourth-order valence-corrected chi connectivity index (χ4v) is 1.50. The van der Waals surface area contributed by atoms with Gasteiger partial charge in [0.1, 0.15) is 11.8 Å². The van der Waals surface area contributed by atoms with Crippen LogP contribution in [0.4, 0.5) is 0 Å². The SMILES string of the molecule is COC(=O)/C=C/C(=O)N[C@H](Cc1ccc(O)cc1)C(=O)O. The van der Waals surface area contributed by atoms with Crippen molar-refractivity contribution in [2.24, 2.45) is 0 Å². The Hall–Kier alpha value is -2.83. The molecule has 1 aromatic rings. The standard InChI is InChI=1S/C14H15NO6/c1-21-13(18)7-6-12(17)15-11(14(19)20)8-9-2-4-10(16)5-3-9/h2-7,11,16H,8H2,1H3,(H,15,17)(H,19,20)/b7-6+/t11-/m1/s1. The van der Waals surface area contributed by atoms with E-state index in [2.05, 4.69) is 10.1 Å². The number of esters is 1. The van der Waals surface area contributed by atoms with Crippen molar-refractivity contribution in [2.45, 2.75) is 12.5 Å². The molecule has 0 saturated heterocycles. The molecule has 0 unspecified atom stereocenters. The van der Waals surface area contributed by atoms with E-state index in [0.717, 1.165) is 19.3 Å². The molecule has 0 spiro atoms. The number of methoxy groups -OCH3 is 1. The number of rotatable bonds is 6. The third-order valence-corrected chi connectivity index (χ3v) is 2.56. The maximum absolute atomic E-state index is 11.5. The fourth-order valence-electron chi connectivity index (χ4n) is 1.50. The van der Waals surface area contributed by atoms with Crippen molar-refractivity contribution in [1.82, 2.24) is 5.32 Å². The Morgan fingerprint density at radius 3 is 2.38 bits per heavy atom. The number of amides is 1. The van der Waals surface area contributed by atoms with E-state index in [1.807, 2.05) is 0 Å². The predicted octanol–water partition coefficient (Wildman–Crippen LogP) is 0.233. The summed E-state index contributed by atoms with van der Waals surface area (Å²) in [5, 5.41) is 20.5. The van der Waals surface area contributed by atoms with Gasteiger partial charge < -0.3 is 20.3 Å². The van der Waals surface area contributed by atoms with E-state index in [1.165, 1.54) is 12.1 Å². The van der Waals surface area contributed by atoms with Gasteiger partial charge in [-0.3, -0.25) is 4.79 Å². The molecule has 0 radical (unpaired) electrons. The third-order valence-electron chi connectivity index (χ3n) is 2.56. The molecule has 0 fully saturated rings. The highest BCUT2D eigenvalue weighted by molar-refractivity contribution is 5.96. The lowest BCUT2D eigenvalue weighted by Crippen LogP contribution is -2.41. The minimum absolute atomic E-state index is 0.0490. The van der Waals surface area contributed by atoms with Gasteiger partial charge in [-0.05, 0) is 17.7 Å². The molecule has 112 valence electrons. The summed E-state index contributed by atoms with van der Waals surface area (Å²) in [6.07, 6.45) is 1.85. The maximum atomic E-state index is 11.5. The Bertz CT molecular complexity index is 549. The van der Waals surface area contributed by atoms with Crippen molar-refractivity contribution in [1.29, 1.82) is 0 Å². The van der Waals surface area contributed by atoms with E-state index < -0.39 is 23.9 Å². The molecule has 7 heteroatoms. The largest absolute Gasteiger partial charge is 0.508 e. The van der Waals surface area contributed by atoms with Gasteiger partial charge in [0.25, 0.3) is 0 Å². The summed E-state index contributed by atoms with van der Waals surface area (Å²) in [6.45, 7) is 0. The second kappa shape index (κ2) is 7.68. The molecule has 3 N–H and O–H groups in total. The monoisotopic (exact) mass is 293 g/mol. The van der Waals surface area contributed by atoms with Gasteiger partial charge in [-0.2, -0.15) is 0 Å². The highest BCUT2D eigenvalue weighted by atomic mass is 16.5. The zero-order valence-electron chi connectivity index (χ0n) is 11.3. The number of hydrogen-bond acceptors (Lipinski definition) is 5. The molecule has 1 atom stereocenters. The van der Waals surface area contributed by atoms with Crippen molar-refractivity contribution >= 4 is 17.8 Å². The number of carbonyl (C=O) groups excluding carboxylic acids is 2. The molecule has 21 heavy (non-hydrogen) atoms. The van der Waals surface area contributed by atoms with Gasteiger partial charge in [0.2, 0.25) is 5.91 Å². The number of carboxylic acids is 1. The van der Waals surface area contributed by atoms with Crippen LogP contribution in [-0.4, -0.2) is 41.2 Å². The molecule has 0 heterocycles. The molecule has 0 aliphatic heterocycles. The van der Waals surface area contributed by atoms with Crippen LogP contribution >= 0.6 is 0 Å². The van der Waals surface area contributed by atoms with Crippen LogP contribution in [0, 0.1) is 0 Å². The van der Waals surface area contributed by atoms with Gasteiger partial charge in [-0.25, -0.2) is 9.59 Å². The number of phenolic OH excluding ortho intramolecular Hbond substituents is 1. The van der Waals surface area contributed by atoms with Crippen molar-refractivity contribution in [3.63, 3.8) is 0 Å². The molecule has 0 saturated carbocycles. The first kappa shape index (κ1) is 16.2. The number of aromatic hydroxyl groups is 1. The number of carboxylic acid groups (broad SMARTS) is 1. The van der Waals surface area contributed by atoms with E-state index >= 15 is 0 Å². The predicted molar refractivity (Wildman–Crippen MR) is 72.5 cm³/mol. The fraction of sp³-hybridized carbons (Fsp3) is 0.214. The van der Waals surface area contributed by atoms with Gasteiger partial charge in [0, 0.05) is 18.6 Å². The van der Waals surface area contributed by atoms with Gasteiger partial charge in [0.05, 0.1) is 7.11 Å². The quantitative estimate of drug-likeness (QED) is 0.511. The number of nitrogens with one attached hydrogen (secondary N) is 1. The minimum atomic E-state index is -1.21. The van der Waals surface area contributed by atoms with Crippen molar-refractivity contribution in [3.8, 4) is 5.75 Å². The zero-order chi connectivity index (χ0) is 15.8. The molecule has 0 bridgehead atoms. The number of ether oxygens (including phenoxy) is 1. The molecule has 7 nitrogen and oxygen atoms in total. The summed E-state index contributed by atoms with van der Waals surface area (Å²) in [6, 6.07) is 4.81. The van der Waals surface area contributed by atoms with E-state index in [-0.39, 0.29) is 12.2 Å². The van der Waals surface area contributed by atoms with Crippen LogP contribution in [0.15, 0.2) is 36.4 Å². The molecule has 0 aromatic heterocycles. The third kappa shape index (κ3) is 5.77. The minimum Gasteiger partial charge on any atom is -0.508 e. The number of hydrogen-bond donors (Lipinski definition) is 3. The van der Waals surface area contributed by atoms with Crippen molar-refractivity contribution < 1.29 is 29.3 Å². The summed E-state index contributed by atoms with van der Waals surface area (Å²) >= 11 is 0. The second-order valence-electron chi connectivity index (χ2n) is 4.13. The lowest BCUT2D eigenvalue weighted by molar-refractivity contribution is -0.141. The van der Waals surface area contributed by atoms with Gasteiger partial charge in [-0.1, -0.05) is 12.1 Å². The maximum Gasteiger partial charge on any atom is 0.330 e. The zero-order valence-corrected chi connectivity index (χ0v) is 11.3. The summed E-state index contributed by atoms with van der Waals surface area (Å²) in [5.41, 5.74) is 0.637. The lowest BCUT2D eigenvalue weighted by Gasteiger charge is -2.13. The first-order valence-corrected chi connectivity index (χ1v) is 5.99. The Morgan fingerprint density at radius 2 is 1.86 bits per heavy atom. The number of phenols is 1. The first-order chi connectivity index (χ1) is 9.92. The van der Waals surface area contributed by atoms with Crippen molar-refractivity contribution in [2.75, 3.05) is 7.11 Å². The molecule has 0 aliphatic rings. The van der Waals surface area contributed by atoms with Crippen LogP contribution in [0.5, 0.6) is 5.75 Å². The normalized spacial score (nSPS) is 11.9. The topological polar surface area (TPSA) is 113 Å². The smallest absolute Gasteiger partial charge is 0.330 e.